The molecule has 2 rings (SSSR count). The molecule has 5 nitrogen and oxygen atoms in total. The first-order valence-electron chi connectivity index (χ1n) is 6.27. The van der Waals surface area contributed by atoms with Crippen molar-refractivity contribution in [2.24, 2.45) is 7.05 Å². The van der Waals surface area contributed by atoms with Crippen molar-refractivity contribution < 1.29 is 13.2 Å². The van der Waals surface area contributed by atoms with E-state index in [1.807, 2.05) is 13.1 Å². The van der Waals surface area contributed by atoms with E-state index in [0.29, 0.717) is 11.5 Å². The third kappa shape index (κ3) is 3.31. The molecule has 2 aromatic heterocycles. The standard InChI is InChI=1S/C12H16F3N5/c1-3-5-20-6-4-11(18-20)16-8-9-7-10(12(13,14)15)19(2)17-9/h4,6-7H,3,5,8H2,1-2H3,(H,16,18). The molecule has 0 aliphatic heterocycles. The topological polar surface area (TPSA) is 47.7 Å². The van der Waals surface area contributed by atoms with Gasteiger partial charge in [0, 0.05) is 25.9 Å². The lowest BCUT2D eigenvalue weighted by Crippen LogP contribution is -2.11. The van der Waals surface area contributed by atoms with Crippen LogP contribution in [0.5, 0.6) is 0 Å². The fourth-order valence-corrected chi connectivity index (χ4v) is 1.87. The van der Waals surface area contributed by atoms with Gasteiger partial charge in [-0.1, -0.05) is 6.92 Å². The maximum absolute atomic E-state index is 12.6. The Bertz CT molecular complexity index is 570. The highest BCUT2D eigenvalue weighted by atomic mass is 19.4. The number of halogens is 3. The second-order valence-electron chi connectivity index (χ2n) is 4.46. The average Bonchev–Trinajstić information content (AvgIpc) is 2.93. The zero-order valence-corrected chi connectivity index (χ0v) is 11.3. The van der Waals surface area contributed by atoms with Gasteiger partial charge in [0.05, 0.1) is 12.2 Å². The molecule has 0 aliphatic carbocycles. The number of nitrogens with one attached hydrogen (secondary N) is 1. The van der Waals surface area contributed by atoms with Crippen LogP contribution >= 0.6 is 0 Å². The normalized spacial score (nSPS) is 11.8. The van der Waals surface area contributed by atoms with Crippen molar-refractivity contribution in [2.45, 2.75) is 32.6 Å². The molecule has 0 fully saturated rings. The molecule has 0 bridgehead atoms. The van der Waals surface area contributed by atoms with Crippen molar-refractivity contribution >= 4 is 5.82 Å². The van der Waals surface area contributed by atoms with Crippen LogP contribution in [0.3, 0.4) is 0 Å². The van der Waals surface area contributed by atoms with Gasteiger partial charge in [-0.3, -0.25) is 9.36 Å². The fourth-order valence-electron chi connectivity index (χ4n) is 1.87. The van der Waals surface area contributed by atoms with Crippen LogP contribution in [0.4, 0.5) is 19.0 Å². The Balaban J connectivity index is 2.00. The van der Waals surface area contributed by atoms with Crippen LogP contribution in [-0.2, 0) is 26.3 Å². The van der Waals surface area contributed by atoms with Gasteiger partial charge in [-0.25, -0.2) is 0 Å². The van der Waals surface area contributed by atoms with Crippen LogP contribution in [0.25, 0.3) is 0 Å². The van der Waals surface area contributed by atoms with E-state index in [9.17, 15) is 13.2 Å². The molecule has 2 aromatic rings. The number of aryl methyl sites for hydroxylation is 2. The summed E-state index contributed by atoms with van der Waals surface area (Å²) in [5.74, 6) is 0.623. The molecule has 0 atom stereocenters. The summed E-state index contributed by atoms with van der Waals surface area (Å²) >= 11 is 0. The Labute approximate surface area is 114 Å². The van der Waals surface area contributed by atoms with E-state index < -0.39 is 11.9 Å². The van der Waals surface area contributed by atoms with Gasteiger partial charge >= 0.3 is 6.18 Å². The monoisotopic (exact) mass is 287 g/mol. The summed E-state index contributed by atoms with van der Waals surface area (Å²) in [6.07, 6.45) is -1.59. The molecule has 0 aliphatic rings. The van der Waals surface area contributed by atoms with Crippen molar-refractivity contribution in [3.05, 3.63) is 29.7 Å². The molecule has 0 amide bonds. The zero-order valence-electron chi connectivity index (χ0n) is 11.3. The molecule has 2 heterocycles. The Kier molecular flexibility index (Phi) is 4.01. The van der Waals surface area contributed by atoms with Gasteiger partial charge in [-0.15, -0.1) is 0 Å². The number of nitrogens with zero attached hydrogens (tertiary/aromatic N) is 4. The summed E-state index contributed by atoms with van der Waals surface area (Å²) in [6.45, 7) is 3.05. The minimum Gasteiger partial charge on any atom is -0.363 e. The van der Waals surface area contributed by atoms with Crippen LogP contribution < -0.4 is 5.32 Å². The van der Waals surface area contributed by atoms with Gasteiger partial charge < -0.3 is 5.32 Å². The lowest BCUT2D eigenvalue weighted by atomic mass is 10.3. The van der Waals surface area contributed by atoms with Gasteiger partial charge in [0.15, 0.2) is 0 Å². The zero-order chi connectivity index (χ0) is 14.8. The van der Waals surface area contributed by atoms with E-state index in [0.717, 1.165) is 23.7 Å². The van der Waals surface area contributed by atoms with Crippen molar-refractivity contribution in [2.75, 3.05) is 5.32 Å². The van der Waals surface area contributed by atoms with Crippen molar-refractivity contribution in [3.8, 4) is 0 Å². The van der Waals surface area contributed by atoms with E-state index in [1.54, 1.807) is 10.7 Å². The first-order valence-corrected chi connectivity index (χ1v) is 6.27. The molecule has 20 heavy (non-hydrogen) atoms. The Morgan fingerprint density at radius 3 is 2.65 bits per heavy atom. The quantitative estimate of drug-likeness (QED) is 0.919. The highest BCUT2D eigenvalue weighted by molar-refractivity contribution is 5.33. The van der Waals surface area contributed by atoms with Gasteiger partial charge in [0.1, 0.15) is 11.5 Å². The molecular formula is C12H16F3N5. The smallest absolute Gasteiger partial charge is 0.363 e. The van der Waals surface area contributed by atoms with Crippen LogP contribution in [0.15, 0.2) is 18.3 Å². The van der Waals surface area contributed by atoms with E-state index in [4.69, 9.17) is 0 Å². The van der Waals surface area contributed by atoms with E-state index in [2.05, 4.69) is 15.5 Å². The molecule has 0 spiro atoms. The highest BCUT2D eigenvalue weighted by Crippen LogP contribution is 2.29. The largest absolute Gasteiger partial charge is 0.433 e. The number of rotatable bonds is 5. The van der Waals surface area contributed by atoms with Crippen LogP contribution in [0.1, 0.15) is 24.7 Å². The number of hydrogen-bond donors (Lipinski definition) is 1. The van der Waals surface area contributed by atoms with E-state index >= 15 is 0 Å². The summed E-state index contributed by atoms with van der Waals surface area (Å²) in [4.78, 5) is 0. The second kappa shape index (κ2) is 5.56. The summed E-state index contributed by atoms with van der Waals surface area (Å²) < 4.78 is 40.5. The van der Waals surface area contributed by atoms with E-state index in [1.165, 1.54) is 7.05 Å². The number of alkyl halides is 3. The number of anilines is 1. The van der Waals surface area contributed by atoms with Gasteiger partial charge in [0.25, 0.3) is 0 Å². The predicted octanol–water partition coefficient (Wildman–Crippen LogP) is 2.66. The molecule has 0 saturated heterocycles. The summed E-state index contributed by atoms with van der Waals surface area (Å²) in [7, 11) is 1.28. The highest BCUT2D eigenvalue weighted by Gasteiger charge is 2.34. The molecule has 1 N–H and O–H groups in total. The Morgan fingerprint density at radius 2 is 2.05 bits per heavy atom. The third-order valence-corrected chi connectivity index (χ3v) is 2.76. The van der Waals surface area contributed by atoms with Crippen molar-refractivity contribution in [3.63, 3.8) is 0 Å². The number of aromatic nitrogens is 4. The average molecular weight is 287 g/mol. The molecule has 0 aromatic carbocycles. The minimum absolute atomic E-state index is 0.201. The summed E-state index contributed by atoms with van der Waals surface area (Å²) in [6, 6.07) is 2.82. The van der Waals surface area contributed by atoms with Gasteiger partial charge in [0.2, 0.25) is 0 Å². The van der Waals surface area contributed by atoms with Crippen LogP contribution in [0, 0.1) is 0 Å². The van der Waals surface area contributed by atoms with Gasteiger partial charge in [-0.05, 0) is 12.5 Å². The maximum atomic E-state index is 12.6. The molecule has 0 radical (unpaired) electrons. The minimum atomic E-state index is -4.39. The summed E-state index contributed by atoms with van der Waals surface area (Å²) in [5, 5.41) is 11.0. The second-order valence-corrected chi connectivity index (χ2v) is 4.46. The van der Waals surface area contributed by atoms with Crippen molar-refractivity contribution in [1.82, 2.24) is 19.6 Å². The number of hydrogen-bond acceptors (Lipinski definition) is 3. The van der Waals surface area contributed by atoms with Crippen LogP contribution in [0.2, 0.25) is 0 Å². The third-order valence-electron chi connectivity index (χ3n) is 2.76. The first kappa shape index (κ1) is 14.4. The van der Waals surface area contributed by atoms with E-state index in [-0.39, 0.29) is 6.54 Å². The van der Waals surface area contributed by atoms with Crippen LogP contribution in [-0.4, -0.2) is 19.6 Å². The fraction of sp³-hybridized carbons (Fsp3) is 0.500. The lowest BCUT2D eigenvalue weighted by Gasteiger charge is -2.04. The molecule has 0 unspecified atom stereocenters. The molecule has 110 valence electrons. The SMILES string of the molecule is CCCn1ccc(NCc2cc(C(F)(F)F)n(C)n2)n1. The molecular weight excluding hydrogens is 271 g/mol. The van der Waals surface area contributed by atoms with Crippen molar-refractivity contribution in [1.29, 1.82) is 0 Å². The maximum Gasteiger partial charge on any atom is 0.433 e. The molecule has 8 heteroatoms. The van der Waals surface area contributed by atoms with Gasteiger partial charge in [-0.2, -0.15) is 23.4 Å². The first-order chi connectivity index (χ1) is 9.40. The summed E-state index contributed by atoms with van der Waals surface area (Å²) in [5.41, 5.74) is -0.435. The predicted molar refractivity (Wildman–Crippen MR) is 68.1 cm³/mol. The Morgan fingerprint density at radius 1 is 1.30 bits per heavy atom. The lowest BCUT2D eigenvalue weighted by molar-refractivity contribution is -0.143. The molecule has 0 saturated carbocycles. The Hall–Kier alpha value is -1.99.